The average Bonchev–Trinajstić information content (AvgIpc) is 3.39. The van der Waals surface area contributed by atoms with Crippen molar-refractivity contribution in [1.82, 2.24) is 10.2 Å². The van der Waals surface area contributed by atoms with Crippen molar-refractivity contribution in [3.05, 3.63) is 33.3 Å². The van der Waals surface area contributed by atoms with Crippen molar-refractivity contribution < 1.29 is 14.4 Å². The molecule has 3 amide bonds. The van der Waals surface area contributed by atoms with Crippen LogP contribution in [0.3, 0.4) is 0 Å². The van der Waals surface area contributed by atoms with Crippen molar-refractivity contribution in [2.45, 2.75) is 51.1 Å². The zero-order valence-electron chi connectivity index (χ0n) is 15.6. The molecule has 1 N–H and O–H groups in total. The van der Waals surface area contributed by atoms with Gasteiger partial charge in [0, 0.05) is 6.04 Å². The molecule has 3 fully saturated rings. The SMILES string of the molecule is CC(C(=O)NC1CC2CC1C1CCCC21)N1C(=O)c2cc(Cl)c(Cl)cc2C1=O. The number of carbonyl (C=O) groups is 3. The molecule has 3 saturated carbocycles. The summed E-state index contributed by atoms with van der Waals surface area (Å²) in [6.07, 6.45) is 6.15. The van der Waals surface area contributed by atoms with Gasteiger partial charge in [0.1, 0.15) is 6.04 Å². The van der Waals surface area contributed by atoms with Gasteiger partial charge < -0.3 is 5.32 Å². The molecule has 148 valence electrons. The standard InChI is InChI=1S/C21H22Cl2N2O3/c1-9(25-20(27)14-7-16(22)17(23)8-15(14)21(25)28)19(26)24-18-6-10-5-13(18)12-4-2-3-11(10)12/h7-13,18H,2-6H2,1H3,(H,24,26). The summed E-state index contributed by atoms with van der Waals surface area (Å²) in [4.78, 5) is 39.5. The Bertz CT molecular complexity index is 861. The lowest BCUT2D eigenvalue weighted by Gasteiger charge is -2.33. The Morgan fingerprint density at radius 2 is 1.64 bits per heavy atom. The summed E-state index contributed by atoms with van der Waals surface area (Å²) in [5.74, 6) is 1.60. The topological polar surface area (TPSA) is 66.5 Å². The van der Waals surface area contributed by atoms with Gasteiger partial charge in [0.25, 0.3) is 11.8 Å². The number of nitrogens with zero attached hydrogens (tertiary/aromatic N) is 1. The number of hydrogen-bond donors (Lipinski definition) is 1. The van der Waals surface area contributed by atoms with E-state index in [-0.39, 0.29) is 33.1 Å². The van der Waals surface area contributed by atoms with Gasteiger partial charge in [-0.15, -0.1) is 0 Å². The quantitative estimate of drug-likeness (QED) is 0.753. The number of hydrogen-bond acceptors (Lipinski definition) is 3. The molecular weight excluding hydrogens is 399 g/mol. The number of imide groups is 1. The fourth-order valence-electron chi connectivity index (χ4n) is 6.26. The predicted molar refractivity (Wildman–Crippen MR) is 105 cm³/mol. The lowest BCUT2D eigenvalue weighted by Crippen LogP contribution is -2.52. The van der Waals surface area contributed by atoms with Crippen LogP contribution in [0.5, 0.6) is 0 Å². The molecule has 3 aliphatic carbocycles. The first kappa shape index (κ1) is 18.4. The Kier molecular flexibility index (Phi) is 4.25. The Balaban J connectivity index is 1.32. The van der Waals surface area contributed by atoms with Crippen LogP contribution in [0.4, 0.5) is 0 Å². The van der Waals surface area contributed by atoms with Crippen molar-refractivity contribution in [3.8, 4) is 0 Å². The number of halogens is 2. The van der Waals surface area contributed by atoms with Crippen LogP contribution in [0.15, 0.2) is 12.1 Å². The Morgan fingerprint density at radius 1 is 1.04 bits per heavy atom. The molecule has 1 aliphatic heterocycles. The highest BCUT2D eigenvalue weighted by Crippen LogP contribution is 2.58. The molecule has 4 aliphatic rings. The van der Waals surface area contributed by atoms with Crippen molar-refractivity contribution in [1.29, 1.82) is 0 Å². The van der Waals surface area contributed by atoms with Gasteiger partial charge in [0.2, 0.25) is 5.91 Å². The highest BCUT2D eigenvalue weighted by molar-refractivity contribution is 6.43. The van der Waals surface area contributed by atoms with Gasteiger partial charge in [-0.2, -0.15) is 0 Å². The zero-order chi connectivity index (χ0) is 19.7. The third-order valence-corrected chi connectivity index (χ3v) is 8.20. The molecule has 28 heavy (non-hydrogen) atoms. The maximum absolute atomic E-state index is 12.9. The number of nitrogens with one attached hydrogen (secondary N) is 1. The first-order chi connectivity index (χ1) is 13.4. The minimum Gasteiger partial charge on any atom is -0.351 e. The maximum Gasteiger partial charge on any atom is 0.262 e. The Labute approximate surface area is 173 Å². The molecule has 0 spiro atoms. The van der Waals surface area contributed by atoms with Gasteiger partial charge >= 0.3 is 0 Å². The number of amides is 3. The second-order valence-corrected chi connectivity index (χ2v) is 9.55. The van der Waals surface area contributed by atoms with Crippen molar-refractivity contribution in [2.75, 3.05) is 0 Å². The van der Waals surface area contributed by atoms with Crippen molar-refractivity contribution in [3.63, 3.8) is 0 Å². The van der Waals surface area contributed by atoms with Crippen molar-refractivity contribution >= 4 is 40.9 Å². The maximum atomic E-state index is 12.9. The molecule has 0 aromatic heterocycles. The lowest BCUT2D eigenvalue weighted by molar-refractivity contribution is -0.125. The summed E-state index contributed by atoms with van der Waals surface area (Å²) >= 11 is 12.0. The fraction of sp³-hybridized carbons (Fsp3) is 0.571. The summed E-state index contributed by atoms with van der Waals surface area (Å²) in [5, 5.41) is 3.59. The van der Waals surface area contributed by atoms with Crippen LogP contribution in [0.1, 0.15) is 59.7 Å². The average molecular weight is 421 g/mol. The minimum absolute atomic E-state index is 0.165. The second kappa shape index (κ2) is 6.46. The van der Waals surface area contributed by atoms with E-state index in [4.69, 9.17) is 23.2 Å². The van der Waals surface area contributed by atoms with Crippen LogP contribution in [0.2, 0.25) is 10.0 Å². The molecular formula is C21H22Cl2N2O3. The van der Waals surface area contributed by atoms with E-state index in [9.17, 15) is 14.4 Å². The van der Waals surface area contributed by atoms with Gasteiger partial charge in [-0.05, 0) is 68.4 Å². The third-order valence-electron chi connectivity index (χ3n) is 7.48. The van der Waals surface area contributed by atoms with Gasteiger partial charge in [0.15, 0.2) is 0 Å². The molecule has 1 heterocycles. The molecule has 5 nitrogen and oxygen atoms in total. The van der Waals surface area contributed by atoms with Gasteiger partial charge in [-0.25, -0.2) is 0 Å². The van der Waals surface area contributed by atoms with Crippen molar-refractivity contribution in [2.24, 2.45) is 23.7 Å². The van der Waals surface area contributed by atoms with Crippen LogP contribution < -0.4 is 5.32 Å². The second-order valence-electron chi connectivity index (χ2n) is 8.74. The number of benzene rings is 1. The summed E-state index contributed by atoms with van der Waals surface area (Å²) in [7, 11) is 0. The molecule has 0 radical (unpaired) electrons. The molecule has 7 heteroatoms. The molecule has 5 rings (SSSR count). The number of fused-ring (bicyclic) bond motifs is 6. The fourth-order valence-corrected chi connectivity index (χ4v) is 6.59. The van der Waals surface area contributed by atoms with Crippen LogP contribution in [-0.2, 0) is 4.79 Å². The van der Waals surface area contributed by atoms with Crippen LogP contribution in [-0.4, -0.2) is 34.7 Å². The Morgan fingerprint density at radius 3 is 2.29 bits per heavy atom. The smallest absolute Gasteiger partial charge is 0.262 e. The van der Waals surface area contributed by atoms with E-state index in [1.165, 1.54) is 37.8 Å². The first-order valence-electron chi connectivity index (χ1n) is 10.0. The number of carbonyl (C=O) groups excluding carboxylic acids is 3. The normalized spacial score (nSPS) is 34.0. The van der Waals surface area contributed by atoms with Gasteiger partial charge in [0.05, 0.1) is 21.2 Å². The van der Waals surface area contributed by atoms with E-state index in [1.54, 1.807) is 6.92 Å². The monoisotopic (exact) mass is 420 g/mol. The predicted octanol–water partition coefficient (Wildman–Crippen LogP) is 3.92. The molecule has 2 bridgehead atoms. The van der Waals surface area contributed by atoms with Gasteiger partial charge in [-0.3, -0.25) is 19.3 Å². The molecule has 1 aromatic rings. The number of rotatable bonds is 3. The molecule has 0 saturated heterocycles. The Hall–Kier alpha value is -1.59. The highest BCUT2D eigenvalue weighted by Gasteiger charge is 2.54. The molecule has 6 unspecified atom stereocenters. The summed E-state index contributed by atoms with van der Waals surface area (Å²) in [5.41, 5.74) is 0.403. The van der Waals surface area contributed by atoms with E-state index in [2.05, 4.69) is 5.32 Å². The summed E-state index contributed by atoms with van der Waals surface area (Å²) < 4.78 is 0. The zero-order valence-corrected chi connectivity index (χ0v) is 17.1. The third kappa shape index (κ3) is 2.55. The van der Waals surface area contributed by atoms with E-state index in [1.807, 2.05) is 0 Å². The molecule has 6 atom stereocenters. The van der Waals surface area contributed by atoms with Crippen LogP contribution in [0, 0.1) is 23.7 Å². The largest absolute Gasteiger partial charge is 0.351 e. The molecule has 1 aromatic carbocycles. The van der Waals surface area contributed by atoms with Crippen LogP contribution in [0.25, 0.3) is 0 Å². The van der Waals surface area contributed by atoms with E-state index >= 15 is 0 Å². The summed E-state index contributed by atoms with van der Waals surface area (Å²) in [6.45, 7) is 1.60. The lowest BCUT2D eigenvalue weighted by atomic mass is 9.79. The van der Waals surface area contributed by atoms with Gasteiger partial charge in [-0.1, -0.05) is 29.6 Å². The van der Waals surface area contributed by atoms with E-state index in [0.717, 1.165) is 29.1 Å². The summed E-state index contributed by atoms with van der Waals surface area (Å²) in [6, 6.07) is 2.10. The minimum atomic E-state index is -0.872. The van der Waals surface area contributed by atoms with E-state index in [0.29, 0.717) is 5.92 Å². The van der Waals surface area contributed by atoms with Crippen LogP contribution >= 0.6 is 23.2 Å². The first-order valence-corrected chi connectivity index (χ1v) is 10.8. The highest BCUT2D eigenvalue weighted by atomic mass is 35.5. The van der Waals surface area contributed by atoms with E-state index < -0.39 is 17.9 Å².